The van der Waals surface area contributed by atoms with Crippen molar-refractivity contribution in [1.82, 2.24) is 4.98 Å². The smallest absolute Gasteiger partial charge is 0.163 e. The highest BCUT2D eigenvalue weighted by molar-refractivity contribution is 5.98. The van der Waals surface area contributed by atoms with Crippen LogP contribution in [-0.2, 0) is 6.42 Å². The molecular weight excluding hydrogens is 250 g/mol. The Hall–Kier alpha value is -2.16. The molecule has 0 bridgehead atoms. The van der Waals surface area contributed by atoms with Crippen LogP contribution >= 0.6 is 0 Å². The first-order valence-electron chi connectivity index (χ1n) is 6.69. The van der Waals surface area contributed by atoms with E-state index in [-0.39, 0.29) is 5.78 Å². The van der Waals surface area contributed by atoms with E-state index in [4.69, 9.17) is 4.74 Å². The number of hydrogen-bond acceptors (Lipinski definition) is 3. The Morgan fingerprint density at radius 3 is 2.70 bits per heavy atom. The summed E-state index contributed by atoms with van der Waals surface area (Å²) in [5.41, 5.74) is 3.82. The number of ketones is 1. The number of carbonyl (C=O) groups is 1. The van der Waals surface area contributed by atoms with Crippen molar-refractivity contribution in [3.05, 3.63) is 58.9 Å². The van der Waals surface area contributed by atoms with Crippen molar-refractivity contribution in [2.24, 2.45) is 0 Å². The predicted molar refractivity (Wildman–Crippen MR) is 79.4 cm³/mol. The molecule has 1 aromatic carbocycles. The first-order chi connectivity index (χ1) is 9.61. The molecule has 0 saturated heterocycles. The van der Waals surface area contributed by atoms with Crippen molar-refractivity contribution in [3.8, 4) is 5.75 Å². The maximum absolute atomic E-state index is 12.3. The molecule has 3 heteroatoms. The van der Waals surface area contributed by atoms with Crippen molar-refractivity contribution in [2.45, 2.75) is 26.7 Å². The Balaban J connectivity index is 2.11. The van der Waals surface area contributed by atoms with Crippen LogP contribution in [-0.4, -0.2) is 17.9 Å². The van der Waals surface area contributed by atoms with Gasteiger partial charge in [0.25, 0.3) is 0 Å². The zero-order valence-corrected chi connectivity index (χ0v) is 12.1. The monoisotopic (exact) mass is 269 g/mol. The summed E-state index contributed by atoms with van der Waals surface area (Å²) in [4.78, 5) is 16.4. The fourth-order valence-corrected chi connectivity index (χ4v) is 2.25. The third-order valence-corrected chi connectivity index (χ3v) is 3.41. The molecule has 0 amide bonds. The van der Waals surface area contributed by atoms with Gasteiger partial charge in [0, 0.05) is 24.4 Å². The Labute approximate surface area is 119 Å². The molecule has 3 nitrogen and oxygen atoms in total. The molecule has 0 aliphatic heterocycles. The van der Waals surface area contributed by atoms with E-state index in [1.165, 1.54) is 0 Å². The average Bonchev–Trinajstić information content (AvgIpc) is 2.47. The van der Waals surface area contributed by atoms with Crippen molar-refractivity contribution in [3.63, 3.8) is 0 Å². The van der Waals surface area contributed by atoms with Crippen molar-refractivity contribution in [2.75, 3.05) is 7.11 Å². The summed E-state index contributed by atoms with van der Waals surface area (Å²) < 4.78 is 5.27. The molecule has 20 heavy (non-hydrogen) atoms. The molecule has 1 aromatic heterocycles. The average molecular weight is 269 g/mol. The highest BCUT2D eigenvalue weighted by atomic mass is 16.5. The van der Waals surface area contributed by atoms with Crippen molar-refractivity contribution in [1.29, 1.82) is 0 Å². The number of pyridine rings is 1. The second-order valence-electron chi connectivity index (χ2n) is 4.92. The first kappa shape index (κ1) is 14.3. The number of benzene rings is 1. The van der Waals surface area contributed by atoms with Gasteiger partial charge in [-0.1, -0.05) is 6.07 Å². The fraction of sp³-hybridized carbons (Fsp3) is 0.294. The van der Waals surface area contributed by atoms with Gasteiger partial charge >= 0.3 is 0 Å². The Morgan fingerprint density at radius 2 is 2.05 bits per heavy atom. The molecule has 2 rings (SSSR count). The van der Waals surface area contributed by atoms with Gasteiger partial charge in [-0.05, 0) is 55.2 Å². The lowest BCUT2D eigenvalue weighted by Crippen LogP contribution is -2.05. The molecule has 0 spiro atoms. The normalized spacial score (nSPS) is 10.3. The summed E-state index contributed by atoms with van der Waals surface area (Å²) in [5, 5.41) is 0. The number of carbonyl (C=O) groups excluding carboxylic acids is 1. The number of rotatable bonds is 5. The van der Waals surface area contributed by atoms with E-state index >= 15 is 0 Å². The molecule has 0 saturated carbocycles. The minimum Gasteiger partial charge on any atom is -0.496 e. The van der Waals surface area contributed by atoms with E-state index in [1.807, 2.05) is 38.1 Å². The Morgan fingerprint density at radius 1 is 1.25 bits per heavy atom. The third-order valence-electron chi connectivity index (χ3n) is 3.41. The first-order valence-corrected chi connectivity index (χ1v) is 6.69. The van der Waals surface area contributed by atoms with E-state index in [1.54, 1.807) is 19.5 Å². The minimum absolute atomic E-state index is 0.164. The van der Waals surface area contributed by atoms with Gasteiger partial charge in [-0.3, -0.25) is 9.78 Å². The van der Waals surface area contributed by atoms with Crippen LogP contribution in [0.5, 0.6) is 5.75 Å². The van der Waals surface area contributed by atoms with Crippen LogP contribution in [0.25, 0.3) is 0 Å². The number of aromatic nitrogens is 1. The van der Waals surface area contributed by atoms with Gasteiger partial charge in [0.1, 0.15) is 5.75 Å². The van der Waals surface area contributed by atoms with Crippen LogP contribution in [0.1, 0.15) is 33.5 Å². The largest absolute Gasteiger partial charge is 0.496 e. The minimum atomic E-state index is 0.164. The van der Waals surface area contributed by atoms with E-state index in [9.17, 15) is 4.79 Å². The zero-order valence-electron chi connectivity index (χ0n) is 12.1. The van der Waals surface area contributed by atoms with E-state index in [0.29, 0.717) is 6.42 Å². The number of ether oxygens (including phenoxy) is 1. The molecule has 104 valence electrons. The highest BCUT2D eigenvalue weighted by Crippen LogP contribution is 2.23. The third kappa shape index (κ3) is 3.23. The summed E-state index contributed by atoms with van der Waals surface area (Å²) in [6.45, 7) is 3.90. The Kier molecular flexibility index (Phi) is 4.51. The molecule has 0 N–H and O–H groups in total. The molecule has 2 aromatic rings. The SMILES string of the molecule is COc1cc(C)c(C(=O)CCc2cccnc2)cc1C. The van der Waals surface area contributed by atoms with Crippen LogP contribution in [0.2, 0.25) is 0 Å². The second kappa shape index (κ2) is 6.33. The lowest BCUT2D eigenvalue weighted by Gasteiger charge is -2.10. The number of hydrogen-bond donors (Lipinski definition) is 0. The predicted octanol–water partition coefficient (Wildman–Crippen LogP) is 3.52. The van der Waals surface area contributed by atoms with Crippen LogP contribution in [0, 0.1) is 13.8 Å². The van der Waals surface area contributed by atoms with Gasteiger partial charge in [-0.25, -0.2) is 0 Å². The van der Waals surface area contributed by atoms with Gasteiger partial charge in [0.15, 0.2) is 5.78 Å². The summed E-state index contributed by atoms with van der Waals surface area (Å²) >= 11 is 0. The molecule has 0 aliphatic rings. The topological polar surface area (TPSA) is 39.2 Å². The van der Waals surface area contributed by atoms with Crippen LogP contribution in [0.15, 0.2) is 36.7 Å². The van der Waals surface area contributed by atoms with Gasteiger partial charge in [0.05, 0.1) is 7.11 Å². The molecule has 0 unspecified atom stereocenters. The summed E-state index contributed by atoms with van der Waals surface area (Å²) in [6.07, 6.45) is 4.76. The van der Waals surface area contributed by atoms with E-state index in [2.05, 4.69) is 4.98 Å². The van der Waals surface area contributed by atoms with Crippen LogP contribution in [0.4, 0.5) is 0 Å². The number of Topliss-reactive ketones (excluding diaryl/α,β-unsaturated/α-hetero) is 1. The maximum Gasteiger partial charge on any atom is 0.163 e. The Bertz CT molecular complexity index is 606. The summed E-state index contributed by atoms with van der Waals surface area (Å²) in [5.74, 6) is 0.989. The maximum atomic E-state index is 12.3. The lowest BCUT2D eigenvalue weighted by molar-refractivity contribution is 0.0982. The second-order valence-corrected chi connectivity index (χ2v) is 4.92. The van der Waals surface area contributed by atoms with Crippen LogP contribution < -0.4 is 4.74 Å². The van der Waals surface area contributed by atoms with Crippen molar-refractivity contribution < 1.29 is 9.53 Å². The van der Waals surface area contributed by atoms with Gasteiger partial charge in [0.2, 0.25) is 0 Å². The van der Waals surface area contributed by atoms with Crippen LogP contribution in [0.3, 0.4) is 0 Å². The van der Waals surface area contributed by atoms with E-state index < -0.39 is 0 Å². The van der Waals surface area contributed by atoms with Gasteiger partial charge in [-0.15, -0.1) is 0 Å². The molecule has 0 fully saturated rings. The number of aryl methyl sites for hydroxylation is 3. The number of nitrogens with zero attached hydrogens (tertiary/aromatic N) is 1. The number of methoxy groups -OCH3 is 1. The van der Waals surface area contributed by atoms with Crippen molar-refractivity contribution >= 4 is 5.78 Å². The summed E-state index contributed by atoms with van der Waals surface area (Å²) in [6, 6.07) is 7.72. The zero-order chi connectivity index (χ0) is 14.5. The molecular formula is C17H19NO2. The highest BCUT2D eigenvalue weighted by Gasteiger charge is 2.12. The standard InChI is InChI=1S/C17H19NO2/c1-12-10-17(20-3)13(2)9-15(12)16(19)7-6-14-5-4-8-18-11-14/h4-5,8-11H,6-7H2,1-3H3. The quantitative estimate of drug-likeness (QED) is 0.780. The summed E-state index contributed by atoms with van der Waals surface area (Å²) in [7, 11) is 1.64. The molecule has 0 radical (unpaired) electrons. The lowest BCUT2D eigenvalue weighted by atomic mass is 9.97. The fourth-order valence-electron chi connectivity index (χ4n) is 2.25. The van der Waals surface area contributed by atoms with E-state index in [0.717, 1.165) is 34.4 Å². The van der Waals surface area contributed by atoms with Gasteiger partial charge in [-0.2, -0.15) is 0 Å². The molecule has 1 heterocycles. The van der Waals surface area contributed by atoms with Gasteiger partial charge < -0.3 is 4.74 Å². The molecule has 0 aliphatic carbocycles. The molecule has 0 atom stereocenters.